The van der Waals surface area contributed by atoms with Crippen LogP contribution in [-0.4, -0.2) is 10.1 Å². The molecule has 0 saturated heterocycles. The molecule has 1 rings (SSSR count). The fourth-order valence-electron chi connectivity index (χ4n) is 1.17. The van der Waals surface area contributed by atoms with E-state index < -0.39 is 6.10 Å². The first-order valence-corrected chi connectivity index (χ1v) is 5.11. The van der Waals surface area contributed by atoms with Gasteiger partial charge in [-0.2, -0.15) is 0 Å². The third kappa shape index (κ3) is 2.05. The van der Waals surface area contributed by atoms with Gasteiger partial charge in [0.05, 0.1) is 16.8 Å². The van der Waals surface area contributed by atoms with Crippen molar-refractivity contribution in [1.29, 1.82) is 0 Å². The van der Waals surface area contributed by atoms with Crippen LogP contribution < -0.4 is 0 Å². The van der Waals surface area contributed by atoms with Gasteiger partial charge in [-0.3, -0.25) is 0 Å². The van der Waals surface area contributed by atoms with Gasteiger partial charge < -0.3 is 5.11 Å². The van der Waals surface area contributed by atoms with Gasteiger partial charge in [0.1, 0.15) is 0 Å². The summed E-state index contributed by atoms with van der Waals surface area (Å²) in [5, 5.41) is 10.5. The first-order chi connectivity index (χ1) is 5.65. The van der Waals surface area contributed by atoms with Crippen molar-refractivity contribution in [3.63, 3.8) is 0 Å². The van der Waals surface area contributed by atoms with E-state index in [4.69, 9.17) is 0 Å². The van der Waals surface area contributed by atoms with Gasteiger partial charge in [0.2, 0.25) is 0 Å². The molecule has 0 aliphatic rings. The lowest BCUT2D eigenvalue weighted by Crippen LogP contribution is -1.93. The van der Waals surface area contributed by atoms with E-state index in [9.17, 15) is 5.11 Å². The molecule has 0 saturated carbocycles. The van der Waals surface area contributed by atoms with Crippen molar-refractivity contribution in [3.8, 4) is 0 Å². The molecule has 68 valence electrons. The van der Waals surface area contributed by atoms with Gasteiger partial charge in [-0.1, -0.05) is 6.92 Å². The summed E-state index contributed by atoms with van der Waals surface area (Å²) < 4.78 is 0. The van der Waals surface area contributed by atoms with Crippen LogP contribution in [0.1, 0.15) is 42.0 Å². The highest BCUT2D eigenvalue weighted by Crippen LogP contribution is 2.23. The molecule has 0 aliphatic carbocycles. The maximum absolute atomic E-state index is 9.33. The second kappa shape index (κ2) is 4.01. The van der Waals surface area contributed by atoms with Crippen molar-refractivity contribution in [2.75, 3.05) is 0 Å². The minimum absolute atomic E-state index is 0.424. The maximum atomic E-state index is 9.33. The monoisotopic (exact) mass is 185 g/mol. The number of thiazole rings is 1. The van der Waals surface area contributed by atoms with Crippen molar-refractivity contribution in [2.24, 2.45) is 0 Å². The van der Waals surface area contributed by atoms with Crippen molar-refractivity contribution >= 4 is 11.3 Å². The molecule has 12 heavy (non-hydrogen) atoms. The molecule has 1 aromatic heterocycles. The molecular weight excluding hydrogens is 170 g/mol. The molecule has 1 N–H and O–H groups in total. The number of aliphatic hydroxyl groups excluding tert-OH is 1. The molecule has 1 heterocycles. The normalized spacial score (nSPS) is 13.3. The maximum Gasteiger partial charge on any atom is 0.0943 e. The van der Waals surface area contributed by atoms with Crippen LogP contribution in [0, 0.1) is 6.92 Å². The van der Waals surface area contributed by atoms with Gasteiger partial charge in [-0.05, 0) is 26.7 Å². The summed E-state index contributed by atoms with van der Waals surface area (Å²) >= 11 is 1.70. The number of nitrogens with zero attached hydrogens (tertiary/aromatic N) is 1. The Balaban J connectivity index is 2.85. The zero-order valence-corrected chi connectivity index (χ0v) is 8.61. The molecule has 0 aromatic carbocycles. The summed E-state index contributed by atoms with van der Waals surface area (Å²) in [6.45, 7) is 5.91. The van der Waals surface area contributed by atoms with Crippen LogP contribution in [0.3, 0.4) is 0 Å². The number of rotatable bonds is 3. The molecule has 0 amide bonds. The predicted octanol–water partition coefficient (Wildman–Crippen LogP) is 2.46. The molecule has 0 bridgehead atoms. The van der Waals surface area contributed by atoms with E-state index in [1.165, 1.54) is 0 Å². The zero-order chi connectivity index (χ0) is 9.14. The van der Waals surface area contributed by atoms with Gasteiger partial charge in [0.25, 0.3) is 0 Å². The van der Waals surface area contributed by atoms with Crippen LogP contribution in [0.25, 0.3) is 0 Å². The molecule has 1 atom stereocenters. The van der Waals surface area contributed by atoms with Crippen LogP contribution in [0.4, 0.5) is 0 Å². The molecule has 2 nitrogen and oxygen atoms in total. The summed E-state index contributed by atoms with van der Waals surface area (Å²) in [5.41, 5.74) is 0.850. The number of aryl methyl sites for hydroxylation is 2. The van der Waals surface area contributed by atoms with Gasteiger partial charge in [-0.25, -0.2) is 4.98 Å². The molecule has 0 aliphatic heterocycles. The minimum atomic E-state index is -0.424. The van der Waals surface area contributed by atoms with Crippen LogP contribution in [-0.2, 0) is 6.42 Å². The molecule has 3 heteroatoms. The fraction of sp³-hybridized carbons (Fsp3) is 0.667. The Hall–Kier alpha value is -0.410. The Morgan fingerprint density at radius 2 is 2.25 bits per heavy atom. The molecule has 0 radical (unpaired) electrons. The van der Waals surface area contributed by atoms with Crippen LogP contribution in [0.2, 0.25) is 0 Å². The van der Waals surface area contributed by atoms with Crippen molar-refractivity contribution in [1.82, 2.24) is 4.98 Å². The van der Waals surface area contributed by atoms with Gasteiger partial charge >= 0.3 is 0 Å². The first-order valence-electron chi connectivity index (χ1n) is 4.29. The topological polar surface area (TPSA) is 33.1 Å². The average Bonchev–Trinajstić information content (AvgIpc) is 2.32. The minimum Gasteiger partial charge on any atom is -0.387 e. The Kier molecular flexibility index (Phi) is 3.23. The lowest BCUT2D eigenvalue weighted by atomic mass is 10.2. The summed E-state index contributed by atoms with van der Waals surface area (Å²) in [6, 6.07) is 0. The van der Waals surface area contributed by atoms with E-state index in [1.807, 2.05) is 6.92 Å². The fourth-order valence-corrected chi connectivity index (χ4v) is 2.30. The van der Waals surface area contributed by atoms with E-state index in [0.717, 1.165) is 28.4 Å². The second-order valence-electron chi connectivity index (χ2n) is 2.98. The highest BCUT2D eigenvalue weighted by Gasteiger charge is 2.10. The first kappa shape index (κ1) is 9.68. The Bertz CT molecular complexity index is 255. The van der Waals surface area contributed by atoms with E-state index in [1.54, 1.807) is 18.3 Å². The average molecular weight is 185 g/mol. The largest absolute Gasteiger partial charge is 0.387 e. The molecule has 1 unspecified atom stereocenters. The van der Waals surface area contributed by atoms with Crippen molar-refractivity contribution < 1.29 is 5.11 Å². The van der Waals surface area contributed by atoms with Gasteiger partial charge in [0.15, 0.2) is 0 Å². The summed E-state index contributed by atoms with van der Waals surface area (Å²) in [5.74, 6) is 0. The lowest BCUT2D eigenvalue weighted by molar-refractivity contribution is 0.194. The van der Waals surface area contributed by atoms with Crippen LogP contribution >= 0.6 is 11.3 Å². The zero-order valence-electron chi connectivity index (χ0n) is 7.79. The second-order valence-corrected chi connectivity index (χ2v) is 4.26. The van der Waals surface area contributed by atoms with E-state index in [-0.39, 0.29) is 0 Å². The summed E-state index contributed by atoms with van der Waals surface area (Å²) in [7, 11) is 0. The van der Waals surface area contributed by atoms with Gasteiger partial charge in [0, 0.05) is 4.88 Å². The highest BCUT2D eigenvalue weighted by atomic mass is 32.1. The molecule has 0 fully saturated rings. The highest BCUT2D eigenvalue weighted by molar-refractivity contribution is 7.11. The smallest absolute Gasteiger partial charge is 0.0943 e. The van der Waals surface area contributed by atoms with Crippen molar-refractivity contribution in [2.45, 2.75) is 39.7 Å². The SMILES string of the molecule is CCCc1nc(C(C)O)c(C)s1. The van der Waals surface area contributed by atoms with E-state index in [2.05, 4.69) is 11.9 Å². The van der Waals surface area contributed by atoms with E-state index >= 15 is 0 Å². The Morgan fingerprint density at radius 1 is 1.58 bits per heavy atom. The summed E-state index contributed by atoms with van der Waals surface area (Å²) in [4.78, 5) is 5.51. The molecule has 0 spiro atoms. The number of hydrogen-bond donors (Lipinski definition) is 1. The van der Waals surface area contributed by atoms with Crippen molar-refractivity contribution in [3.05, 3.63) is 15.6 Å². The third-order valence-electron chi connectivity index (χ3n) is 1.74. The summed E-state index contributed by atoms with van der Waals surface area (Å²) in [6.07, 6.45) is 1.72. The number of hydrogen-bond acceptors (Lipinski definition) is 3. The number of aromatic nitrogens is 1. The quantitative estimate of drug-likeness (QED) is 0.784. The third-order valence-corrected chi connectivity index (χ3v) is 2.78. The lowest BCUT2D eigenvalue weighted by Gasteiger charge is -1.98. The Morgan fingerprint density at radius 3 is 2.67 bits per heavy atom. The molecule has 1 aromatic rings. The predicted molar refractivity (Wildman–Crippen MR) is 51.5 cm³/mol. The van der Waals surface area contributed by atoms with Crippen LogP contribution in [0.15, 0.2) is 0 Å². The number of aliphatic hydroxyl groups is 1. The van der Waals surface area contributed by atoms with Gasteiger partial charge in [-0.15, -0.1) is 11.3 Å². The van der Waals surface area contributed by atoms with Crippen LogP contribution in [0.5, 0.6) is 0 Å². The van der Waals surface area contributed by atoms with E-state index in [0.29, 0.717) is 0 Å². The Labute approximate surface area is 77.3 Å². The standard InChI is InChI=1S/C9H15NOS/c1-4-5-8-10-9(6(2)11)7(3)12-8/h6,11H,4-5H2,1-3H3. The molecular formula is C9H15NOS.